The first-order chi connectivity index (χ1) is 12.7. The molecule has 134 valence electrons. The van der Waals surface area contributed by atoms with Crippen molar-refractivity contribution in [3.8, 4) is 11.4 Å². The van der Waals surface area contributed by atoms with Crippen LogP contribution >= 0.6 is 23.4 Å². The van der Waals surface area contributed by atoms with Crippen molar-refractivity contribution in [1.29, 1.82) is 0 Å². The van der Waals surface area contributed by atoms with Gasteiger partial charge in [0.15, 0.2) is 16.8 Å². The number of hydrogen-bond acceptors (Lipinski definition) is 4. The van der Waals surface area contributed by atoms with E-state index in [1.54, 1.807) is 11.8 Å². The molecule has 0 saturated heterocycles. The summed E-state index contributed by atoms with van der Waals surface area (Å²) in [6.07, 6.45) is 1.35. The number of rotatable bonds is 8. The smallest absolute Gasteiger partial charge is 0.191 e. The maximum Gasteiger partial charge on any atom is 0.191 e. The van der Waals surface area contributed by atoms with Gasteiger partial charge in [-0.05, 0) is 25.5 Å². The number of halogens is 1. The third-order valence-electron chi connectivity index (χ3n) is 3.99. The van der Waals surface area contributed by atoms with Crippen molar-refractivity contribution in [2.24, 2.45) is 0 Å². The summed E-state index contributed by atoms with van der Waals surface area (Å²) >= 11 is 7.72. The van der Waals surface area contributed by atoms with Crippen molar-refractivity contribution in [2.45, 2.75) is 31.5 Å². The van der Waals surface area contributed by atoms with Gasteiger partial charge in [-0.2, -0.15) is 0 Å². The summed E-state index contributed by atoms with van der Waals surface area (Å²) < 4.78 is 2.08. The molecule has 4 nitrogen and oxygen atoms in total. The first-order valence-electron chi connectivity index (χ1n) is 8.59. The Morgan fingerprint density at radius 3 is 2.65 bits per heavy atom. The van der Waals surface area contributed by atoms with Crippen LogP contribution in [0.1, 0.15) is 30.1 Å². The standard InChI is InChI=1S/C20H20ClN3OS/c1-2-24-19(16-10-6-11-17(21)14-16)22-23-20(24)26-13-7-12-18(25)15-8-4-3-5-9-15/h3-6,8-11,14H,2,7,12-13H2,1H3. The molecule has 2 aromatic carbocycles. The summed E-state index contributed by atoms with van der Waals surface area (Å²) in [7, 11) is 0. The molecule has 26 heavy (non-hydrogen) atoms. The van der Waals surface area contributed by atoms with Gasteiger partial charge in [-0.3, -0.25) is 4.79 Å². The van der Waals surface area contributed by atoms with Gasteiger partial charge in [0, 0.05) is 34.9 Å². The lowest BCUT2D eigenvalue weighted by molar-refractivity contribution is 0.0982. The van der Waals surface area contributed by atoms with Crippen LogP contribution in [0.15, 0.2) is 59.8 Å². The lowest BCUT2D eigenvalue weighted by Crippen LogP contribution is -2.01. The van der Waals surface area contributed by atoms with Crippen LogP contribution in [0.25, 0.3) is 11.4 Å². The molecule has 0 unspecified atom stereocenters. The van der Waals surface area contributed by atoms with Crippen LogP contribution in [0.2, 0.25) is 5.02 Å². The number of thioether (sulfide) groups is 1. The third-order valence-corrected chi connectivity index (χ3v) is 5.28. The van der Waals surface area contributed by atoms with Crippen LogP contribution < -0.4 is 0 Å². The summed E-state index contributed by atoms with van der Waals surface area (Å²) in [5.74, 6) is 1.83. The van der Waals surface area contributed by atoms with Gasteiger partial charge >= 0.3 is 0 Å². The molecule has 0 aliphatic rings. The highest BCUT2D eigenvalue weighted by Crippen LogP contribution is 2.26. The van der Waals surface area contributed by atoms with Gasteiger partial charge in [0.05, 0.1) is 0 Å². The molecule has 3 rings (SSSR count). The molecule has 6 heteroatoms. The van der Waals surface area contributed by atoms with E-state index >= 15 is 0 Å². The predicted molar refractivity (Wildman–Crippen MR) is 107 cm³/mol. The lowest BCUT2D eigenvalue weighted by atomic mass is 10.1. The van der Waals surface area contributed by atoms with Gasteiger partial charge in [-0.25, -0.2) is 0 Å². The zero-order valence-corrected chi connectivity index (χ0v) is 16.1. The Kier molecular flexibility index (Phi) is 6.47. The second kappa shape index (κ2) is 9.01. The fourth-order valence-electron chi connectivity index (χ4n) is 2.69. The topological polar surface area (TPSA) is 47.8 Å². The third kappa shape index (κ3) is 4.54. The van der Waals surface area contributed by atoms with E-state index in [-0.39, 0.29) is 5.78 Å². The summed E-state index contributed by atoms with van der Waals surface area (Å²) in [5, 5.41) is 10.2. The highest BCUT2D eigenvalue weighted by atomic mass is 35.5. The maximum absolute atomic E-state index is 12.1. The minimum absolute atomic E-state index is 0.183. The maximum atomic E-state index is 12.1. The normalized spacial score (nSPS) is 10.8. The Labute approximate surface area is 162 Å². The van der Waals surface area contributed by atoms with Crippen molar-refractivity contribution < 1.29 is 4.79 Å². The summed E-state index contributed by atoms with van der Waals surface area (Å²) in [4.78, 5) is 12.1. The number of Topliss-reactive ketones (excluding diaryl/α,β-unsaturated/α-hetero) is 1. The molecule has 0 N–H and O–H groups in total. The van der Waals surface area contributed by atoms with Crippen LogP contribution in [0.5, 0.6) is 0 Å². The Morgan fingerprint density at radius 1 is 1.12 bits per heavy atom. The van der Waals surface area contributed by atoms with E-state index in [0.29, 0.717) is 11.4 Å². The highest BCUT2D eigenvalue weighted by Gasteiger charge is 2.13. The second-order valence-electron chi connectivity index (χ2n) is 5.80. The zero-order valence-electron chi connectivity index (χ0n) is 14.6. The van der Waals surface area contributed by atoms with Crippen molar-refractivity contribution >= 4 is 29.1 Å². The number of hydrogen-bond donors (Lipinski definition) is 0. The van der Waals surface area contributed by atoms with Crippen LogP contribution in [0.4, 0.5) is 0 Å². The van der Waals surface area contributed by atoms with Crippen molar-refractivity contribution in [3.05, 3.63) is 65.2 Å². The van der Waals surface area contributed by atoms with E-state index < -0.39 is 0 Å². The second-order valence-corrected chi connectivity index (χ2v) is 7.30. The van der Waals surface area contributed by atoms with Crippen LogP contribution in [-0.2, 0) is 6.54 Å². The SMILES string of the molecule is CCn1c(SCCCC(=O)c2ccccc2)nnc1-c1cccc(Cl)c1. The largest absolute Gasteiger partial charge is 0.302 e. The molecule has 0 radical (unpaired) electrons. The van der Waals surface area contributed by atoms with Gasteiger partial charge in [-0.1, -0.05) is 65.8 Å². The quantitative estimate of drug-likeness (QED) is 0.297. The van der Waals surface area contributed by atoms with Crippen molar-refractivity contribution in [2.75, 3.05) is 5.75 Å². The monoisotopic (exact) mass is 385 g/mol. The number of carbonyl (C=O) groups excluding carboxylic acids is 1. The Hall–Kier alpha value is -2.11. The predicted octanol–water partition coefficient (Wildman–Crippen LogP) is 5.37. The Bertz CT molecular complexity index is 880. The molecule has 0 amide bonds. The van der Waals surface area contributed by atoms with E-state index in [9.17, 15) is 4.79 Å². The molecule has 0 saturated carbocycles. The highest BCUT2D eigenvalue weighted by molar-refractivity contribution is 7.99. The minimum atomic E-state index is 0.183. The molecule has 1 heterocycles. The first kappa shape index (κ1) is 18.7. The molecule has 1 aromatic heterocycles. The molecule has 0 bridgehead atoms. The molecule has 3 aromatic rings. The molecular formula is C20H20ClN3OS. The molecule has 0 aliphatic carbocycles. The van der Waals surface area contributed by atoms with E-state index in [1.807, 2.05) is 54.6 Å². The van der Waals surface area contributed by atoms with Crippen molar-refractivity contribution in [1.82, 2.24) is 14.8 Å². The summed E-state index contributed by atoms with van der Waals surface area (Å²) in [6.45, 7) is 2.85. The van der Waals surface area contributed by atoms with Gasteiger partial charge < -0.3 is 4.57 Å². The molecule has 0 fully saturated rings. The fourth-order valence-corrected chi connectivity index (χ4v) is 3.82. The number of nitrogens with zero attached hydrogens (tertiary/aromatic N) is 3. The minimum Gasteiger partial charge on any atom is -0.302 e. The average Bonchev–Trinajstić information content (AvgIpc) is 3.08. The number of benzene rings is 2. The number of ketones is 1. The van der Waals surface area contributed by atoms with Crippen LogP contribution in [0, 0.1) is 0 Å². The fraction of sp³-hybridized carbons (Fsp3) is 0.250. The Balaban J connectivity index is 1.60. The molecule has 0 aliphatic heterocycles. The molecule has 0 spiro atoms. The van der Waals surface area contributed by atoms with Gasteiger partial charge in [0.1, 0.15) is 0 Å². The zero-order chi connectivity index (χ0) is 18.4. The molecule has 0 atom stereocenters. The van der Waals surface area contributed by atoms with Gasteiger partial charge in [0.2, 0.25) is 0 Å². The summed E-state index contributed by atoms with van der Waals surface area (Å²) in [6, 6.07) is 17.1. The van der Waals surface area contributed by atoms with E-state index in [1.165, 1.54) is 0 Å². The van der Waals surface area contributed by atoms with Crippen molar-refractivity contribution in [3.63, 3.8) is 0 Å². The number of carbonyl (C=O) groups is 1. The lowest BCUT2D eigenvalue weighted by Gasteiger charge is -2.07. The van der Waals surface area contributed by atoms with E-state index in [0.717, 1.165) is 40.8 Å². The van der Waals surface area contributed by atoms with Crippen LogP contribution in [-0.4, -0.2) is 26.3 Å². The van der Waals surface area contributed by atoms with Gasteiger partial charge in [0.25, 0.3) is 0 Å². The first-order valence-corrected chi connectivity index (χ1v) is 9.95. The van der Waals surface area contributed by atoms with E-state index in [4.69, 9.17) is 11.6 Å². The average molecular weight is 386 g/mol. The number of aromatic nitrogens is 3. The Morgan fingerprint density at radius 2 is 1.92 bits per heavy atom. The molecular weight excluding hydrogens is 366 g/mol. The van der Waals surface area contributed by atoms with E-state index in [2.05, 4.69) is 21.7 Å². The summed E-state index contributed by atoms with van der Waals surface area (Å²) in [5.41, 5.74) is 1.73. The van der Waals surface area contributed by atoms with Crippen LogP contribution in [0.3, 0.4) is 0 Å². The van der Waals surface area contributed by atoms with Gasteiger partial charge in [-0.15, -0.1) is 10.2 Å².